The van der Waals surface area contributed by atoms with Gasteiger partial charge >= 0.3 is 0 Å². The molecule has 0 bridgehead atoms. The molecular formula is C22H19FN4O3. The van der Waals surface area contributed by atoms with Gasteiger partial charge in [-0.15, -0.1) is 0 Å². The summed E-state index contributed by atoms with van der Waals surface area (Å²) >= 11 is 0. The fourth-order valence-corrected chi connectivity index (χ4v) is 3.55. The number of amides is 2. The van der Waals surface area contributed by atoms with Crippen LogP contribution in [0.3, 0.4) is 0 Å². The number of ether oxygens (including phenoxy) is 1. The number of aromatic nitrogens is 2. The molecule has 2 aromatic heterocycles. The third-order valence-corrected chi connectivity index (χ3v) is 5.05. The predicted octanol–water partition coefficient (Wildman–Crippen LogP) is 2.52. The Morgan fingerprint density at radius 3 is 2.77 bits per heavy atom. The summed E-state index contributed by atoms with van der Waals surface area (Å²) in [6.45, 7) is 0.334. The SMILES string of the molecule is COc1cc2c(cc1Cc1ccc(C(N)=O)nc1)C(=O)N(c1ncccc1F)CC2. The summed E-state index contributed by atoms with van der Waals surface area (Å²) in [5.41, 5.74) is 8.35. The van der Waals surface area contributed by atoms with E-state index in [1.165, 1.54) is 23.2 Å². The molecule has 0 fully saturated rings. The summed E-state index contributed by atoms with van der Waals surface area (Å²) in [6.07, 6.45) is 4.02. The highest BCUT2D eigenvalue weighted by Crippen LogP contribution is 2.31. The zero-order chi connectivity index (χ0) is 21.3. The van der Waals surface area contributed by atoms with E-state index in [2.05, 4.69) is 9.97 Å². The second-order valence-electron chi connectivity index (χ2n) is 6.93. The monoisotopic (exact) mass is 406 g/mol. The Morgan fingerprint density at radius 1 is 1.27 bits per heavy atom. The second kappa shape index (κ2) is 7.90. The Hall–Kier alpha value is -3.81. The molecule has 4 rings (SSSR count). The van der Waals surface area contributed by atoms with Crippen LogP contribution in [0.4, 0.5) is 10.2 Å². The standard InChI is InChI=1S/C22H19FN4O3/c1-30-19-11-14-6-8-27(21-17(23)3-2-7-25-21)22(29)16(14)10-15(19)9-13-4-5-18(20(24)28)26-12-13/h2-5,7,10-12H,6,8-9H2,1H3,(H2,24,28). The Balaban J connectivity index is 1.68. The number of methoxy groups -OCH3 is 1. The van der Waals surface area contributed by atoms with Crippen LogP contribution in [0, 0.1) is 5.82 Å². The lowest BCUT2D eigenvalue weighted by Crippen LogP contribution is -2.38. The molecular weight excluding hydrogens is 387 g/mol. The Morgan fingerprint density at radius 2 is 2.10 bits per heavy atom. The van der Waals surface area contributed by atoms with Crippen molar-refractivity contribution < 1.29 is 18.7 Å². The summed E-state index contributed by atoms with van der Waals surface area (Å²) in [6, 6.07) is 9.70. The van der Waals surface area contributed by atoms with Gasteiger partial charge in [-0.1, -0.05) is 6.07 Å². The van der Waals surface area contributed by atoms with E-state index in [4.69, 9.17) is 10.5 Å². The average Bonchev–Trinajstić information content (AvgIpc) is 2.75. The summed E-state index contributed by atoms with van der Waals surface area (Å²) in [7, 11) is 1.57. The average molecular weight is 406 g/mol. The van der Waals surface area contributed by atoms with Crippen LogP contribution in [-0.4, -0.2) is 35.4 Å². The highest BCUT2D eigenvalue weighted by Gasteiger charge is 2.29. The van der Waals surface area contributed by atoms with E-state index in [1.54, 1.807) is 31.5 Å². The van der Waals surface area contributed by atoms with E-state index < -0.39 is 11.7 Å². The predicted molar refractivity (Wildman–Crippen MR) is 108 cm³/mol. The number of rotatable bonds is 5. The molecule has 0 atom stereocenters. The van der Waals surface area contributed by atoms with Crippen LogP contribution in [0.25, 0.3) is 0 Å². The first-order chi connectivity index (χ1) is 14.5. The Labute approximate surface area is 172 Å². The van der Waals surface area contributed by atoms with Crippen molar-refractivity contribution in [3.8, 4) is 5.75 Å². The molecule has 3 aromatic rings. The first-order valence-corrected chi connectivity index (χ1v) is 9.35. The summed E-state index contributed by atoms with van der Waals surface area (Å²) in [5.74, 6) is -0.765. The molecule has 2 amide bonds. The molecule has 0 spiro atoms. The summed E-state index contributed by atoms with van der Waals surface area (Å²) in [5, 5.41) is 0. The van der Waals surface area contributed by atoms with E-state index >= 15 is 0 Å². The lowest BCUT2D eigenvalue weighted by molar-refractivity contribution is 0.0975. The van der Waals surface area contributed by atoms with Gasteiger partial charge in [-0.25, -0.2) is 9.37 Å². The number of primary amides is 1. The maximum Gasteiger partial charge on any atom is 0.267 e. The fraction of sp³-hybridized carbons (Fsp3) is 0.182. The molecule has 0 saturated carbocycles. The number of nitrogens with zero attached hydrogens (tertiary/aromatic N) is 3. The molecule has 0 saturated heterocycles. The zero-order valence-electron chi connectivity index (χ0n) is 16.3. The first-order valence-electron chi connectivity index (χ1n) is 9.35. The number of fused-ring (bicyclic) bond motifs is 1. The van der Waals surface area contributed by atoms with Crippen LogP contribution >= 0.6 is 0 Å². The normalized spacial score (nSPS) is 13.1. The number of carbonyl (C=O) groups excluding carboxylic acids is 2. The minimum Gasteiger partial charge on any atom is -0.496 e. The second-order valence-corrected chi connectivity index (χ2v) is 6.93. The number of hydrogen-bond donors (Lipinski definition) is 1. The number of anilines is 1. The van der Waals surface area contributed by atoms with Gasteiger partial charge in [0.15, 0.2) is 11.6 Å². The Kier molecular flexibility index (Phi) is 5.14. The molecule has 1 aliphatic heterocycles. The molecule has 2 N–H and O–H groups in total. The van der Waals surface area contributed by atoms with Crippen molar-refractivity contribution in [1.82, 2.24) is 9.97 Å². The maximum atomic E-state index is 14.2. The zero-order valence-corrected chi connectivity index (χ0v) is 16.3. The highest BCUT2D eigenvalue weighted by atomic mass is 19.1. The molecule has 0 unspecified atom stereocenters. The third-order valence-electron chi connectivity index (χ3n) is 5.05. The molecule has 0 radical (unpaired) electrons. The molecule has 1 aromatic carbocycles. The van der Waals surface area contributed by atoms with Crippen LogP contribution in [0.15, 0.2) is 48.8 Å². The van der Waals surface area contributed by atoms with Crippen molar-refractivity contribution in [3.05, 3.63) is 82.6 Å². The number of carbonyl (C=O) groups is 2. The largest absolute Gasteiger partial charge is 0.496 e. The highest BCUT2D eigenvalue weighted by molar-refractivity contribution is 6.08. The van der Waals surface area contributed by atoms with Crippen molar-refractivity contribution in [2.75, 3.05) is 18.6 Å². The lowest BCUT2D eigenvalue weighted by atomic mass is 9.93. The van der Waals surface area contributed by atoms with Gasteiger partial charge in [-0.3, -0.25) is 19.5 Å². The van der Waals surface area contributed by atoms with E-state index in [1.807, 2.05) is 6.07 Å². The van der Waals surface area contributed by atoms with Gasteiger partial charge < -0.3 is 10.5 Å². The number of pyridine rings is 2. The van der Waals surface area contributed by atoms with E-state index in [9.17, 15) is 14.0 Å². The van der Waals surface area contributed by atoms with Crippen LogP contribution in [-0.2, 0) is 12.8 Å². The number of hydrogen-bond acceptors (Lipinski definition) is 5. The fourth-order valence-electron chi connectivity index (χ4n) is 3.55. The van der Waals surface area contributed by atoms with Crippen LogP contribution in [0.5, 0.6) is 5.75 Å². The van der Waals surface area contributed by atoms with Crippen molar-refractivity contribution in [1.29, 1.82) is 0 Å². The van der Waals surface area contributed by atoms with E-state index in [0.717, 1.165) is 16.7 Å². The van der Waals surface area contributed by atoms with E-state index in [-0.39, 0.29) is 17.4 Å². The van der Waals surface area contributed by atoms with Gasteiger partial charge in [0, 0.05) is 30.9 Å². The van der Waals surface area contributed by atoms with Gasteiger partial charge in [0.1, 0.15) is 11.4 Å². The topological polar surface area (TPSA) is 98.4 Å². The van der Waals surface area contributed by atoms with Crippen LogP contribution < -0.4 is 15.4 Å². The molecule has 7 nitrogen and oxygen atoms in total. The maximum absolute atomic E-state index is 14.2. The van der Waals surface area contributed by atoms with Crippen molar-refractivity contribution in [3.63, 3.8) is 0 Å². The molecule has 0 aliphatic carbocycles. The molecule has 3 heterocycles. The van der Waals surface area contributed by atoms with Crippen LogP contribution in [0.2, 0.25) is 0 Å². The number of benzene rings is 1. The van der Waals surface area contributed by atoms with Crippen molar-refractivity contribution >= 4 is 17.6 Å². The Bertz CT molecular complexity index is 1130. The molecule has 8 heteroatoms. The third kappa shape index (κ3) is 3.59. The number of nitrogens with two attached hydrogens (primary N) is 1. The van der Waals surface area contributed by atoms with Gasteiger partial charge in [0.05, 0.1) is 7.11 Å². The number of halogens is 1. The van der Waals surface area contributed by atoms with Crippen molar-refractivity contribution in [2.45, 2.75) is 12.8 Å². The van der Waals surface area contributed by atoms with Gasteiger partial charge in [0.25, 0.3) is 11.8 Å². The molecule has 152 valence electrons. The van der Waals surface area contributed by atoms with Gasteiger partial charge in [-0.05, 0) is 53.4 Å². The summed E-state index contributed by atoms with van der Waals surface area (Å²) < 4.78 is 19.7. The molecule has 1 aliphatic rings. The molecule has 30 heavy (non-hydrogen) atoms. The van der Waals surface area contributed by atoms with E-state index in [0.29, 0.717) is 30.7 Å². The smallest absolute Gasteiger partial charge is 0.267 e. The summed E-state index contributed by atoms with van der Waals surface area (Å²) in [4.78, 5) is 33.8. The minimum absolute atomic E-state index is 0.0248. The minimum atomic E-state index is -0.597. The first kappa shape index (κ1) is 19.5. The van der Waals surface area contributed by atoms with Crippen LogP contribution in [0.1, 0.15) is 37.5 Å². The van der Waals surface area contributed by atoms with Gasteiger partial charge in [0.2, 0.25) is 0 Å². The van der Waals surface area contributed by atoms with Gasteiger partial charge in [-0.2, -0.15) is 0 Å². The lowest BCUT2D eigenvalue weighted by Gasteiger charge is -2.29. The van der Waals surface area contributed by atoms with Crippen molar-refractivity contribution in [2.24, 2.45) is 5.73 Å². The quantitative estimate of drug-likeness (QED) is 0.702.